The number of nitrogen functional groups attached to an aromatic ring is 2. The number of carbonyl (C=O) groups excluding carboxylic acids is 2. The first-order chi connectivity index (χ1) is 13.5. The summed E-state index contributed by atoms with van der Waals surface area (Å²) in [5.74, 6) is 0.00255. The zero-order valence-corrected chi connectivity index (χ0v) is 15.1. The first kappa shape index (κ1) is 19.0. The Kier molecular flexibility index (Phi) is 5.91. The van der Waals surface area contributed by atoms with Gasteiger partial charge in [-0.1, -0.05) is 30.3 Å². The van der Waals surface area contributed by atoms with Crippen LogP contribution in [0.1, 0.15) is 26.3 Å². The number of ketones is 1. The number of esters is 1. The van der Waals surface area contributed by atoms with E-state index in [9.17, 15) is 9.59 Å². The average molecular weight is 376 g/mol. The van der Waals surface area contributed by atoms with Crippen LogP contribution in [0.25, 0.3) is 0 Å². The molecule has 0 bridgehead atoms. The van der Waals surface area contributed by atoms with Crippen LogP contribution in [-0.2, 0) is 4.74 Å². The fourth-order valence-corrected chi connectivity index (χ4v) is 2.63. The van der Waals surface area contributed by atoms with Crippen LogP contribution in [0.2, 0.25) is 0 Å². The Labute approximate surface area is 162 Å². The summed E-state index contributed by atoms with van der Waals surface area (Å²) in [7, 11) is 0. The lowest BCUT2D eigenvalue weighted by molar-refractivity contribution is 0.0450. The van der Waals surface area contributed by atoms with Crippen molar-refractivity contribution in [3.8, 4) is 5.75 Å². The normalized spacial score (nSPS) is 10.3. The molecule has 0 fully saturated rings. The van der Waals surface area contributed by atoms with E-state index in [0.29, 0.717) is 33.8 Å². The van der Waals surface area contributed by atoms with Crippen LogP contribution in [0.3, 0.4) is 0 Å². The SMILES string of the molecule is Nc1cc(N)cc(C(=O)OCCOc2ccc(C(=O)c3ccccc3)cc2)c1. The van der Waals surface area contributed by atoms with E-state index < -0.39 is 5.97 Å². The predicted molar refractivity (Wildman–Crippen MR) is 107 cm³/mol. The highest BCUT2D eigenvalue weighted by atomic mass is 16.6. The summed E-state index contributed by atoms with van der Waals surface area (Å²) in [6.45, 7) is 0.244. The summed E-state index contributed by atoms with van der Waals surface area (Å²) in [5, 5.41) is 0. The van der Waals surface area contributed by atoms with Crippen LogP contribution in [0, 0.1) is 0 Å². The van der Waals surface area contributed by atoms with E-state index in [1.807, 2.05) is 18.2 Å². The van der Waals surface area contributed by atoms with E-state index >= 15 is 0 Å². The maximum Gasteiger partial charge on any atom is 0.338 e. The molecule has 0 aliphatic rings. The molecular weight excluding hydrogens is 356 g/mol. The molecule has 4 N–H and O–H groups in total. The molecule has 0 heterocycles. The topological polar surface area (TPSA) is 105 Å². The third-order valence-electron chi connectivity index (χ3n) is 3.95. The van der Waals surface area contributed by atoms with Crippen molar-refractivity contribution in [3.05, 3.63) is 89.5 Å². The molecule has 0 atom stereocenters. The Hall–Kier alpha value is -3.80. The third kappa shape index (κ3) is 4.88. The van der Waals surface area contributed by atoms with Crippen molar-refractivity contribution < 1.29 is 19.1 Å². The summed E-state index contributed by atoms with van der Waals surface area (Å²) in [6.07, 6.45) is 0. The van der Waals surface area contributed by atoms with Crippen molar-refractivity contribution in [3.63, 3.8) is 0 Å². The van der Waals surface area contributed by atoms with Gasteiger partial charge >= 0.3 is 5.97 Å². The van der Waals surface area contributed by atoms with Crippen molar-refractivity contribution in [1.82, 2.24) is 0 Å². The van der Waals surface area contributed by atoms with E-state index in [1.165, 1.54) is 12.1 Å². The number of ether oxygens (including phenoxy) is 2. The summed E-state index contributed by atoms with van der Waals surface area (Å²) in [4.78, 5) is 24.3. The molecule has 28 heavy (non-hydrogen) atoms. The van der Waals surface area contributed by atoms with Crippen LogP contribution in [0.15, 0.2) is 72.8 Å². The molecule has 0 aromatic heterocycles. The monoisotopic (exact) mass is 376 g/mol. The number of benzene rings is 3. The van der Waals surface area contributed by atoms with Gasteiger partial charge in [-0.3, -0.25) is 4.79 Å². The number of nitrogens with two attached hydrogens (primary N) is 2. The van der Waals surface area contributed by atoms with Gasteiger partial charge < -0.3 is 20.9 Å². The summed E-state index contributed by atoms with van der Waals surface area (Å²) >= 11 is 0. The molecule has 0 aliphatic carbocycles. The second-order valence-corrected chi connectivity index (χ2v) is 6.09. The van der Waals surface area contributed by atoms with E-state index in [-0.39, 0.29) is 19.0 Å². The van der Waals surface area contributed by atoms with Crippen molar-refractivity contribution in [1.29, 1.82) is 0 Å². The van der Waals surface area contributed by atoms with Crippen molar-refractivity contribution in [2.24, 2.45) is 0 Å². The molecule has 3 aromatic rings. The Bertz CT molecular complexity index is 949. The molecule has 0 saturated carbocycles. The highest BCUT2D eigenvalue weighted by Gasteiger charge is 2.10. The van der Waals surface area contributed by atoms with Gasteiger partial charge in [-0.05, 0) is 42.5 Å². The second kappa shape index (κ2) is 8.73. The average Bonchev–Trinajstić information content (AvgIpc) is 2.71. The standard InChI is InChI=1S/C22H20N2O4/c23-18-12-17(13-19(24)14-18)22(26)28-11-10-27-20-8-6-16(7-9-20)21(25)15-4-2-1-3-5-15/h1-9,12-14H,10-11,23-24H2. The lowest BCUT2D eigenvalue weighted by Gasteiger charge is -2.09. The Morgan fingerprint density at radius 3 is 1.96 bits per heavy atom. The molecule has 3 rings (SSSR count). The highest BCUT2D eigenvalue weighted by molar-refractivity contribution is 6.08. The van der Waals surface area contributed by atoms with E-state index in [4.69, 9.17) is 20.9 Å². The van der Waals surface area contributed by atoms with Gasteiger partial charge in [0.2, 0.25) is 0 Å². The number of hydrogen-bond donors (Lipinski definition) is 2. The summed E-state index contributed by atoms with van der Waals surface area (Å²) in [6, 6.07) is 20.4. The van der Waals surface area contributed by atoms with Gasteiger partial charge in [0, 0.05) is 22.5 Å². The zero-order valence-electron chi connectivity index (χ0n) is 15.1. The quantitative estimate of drug-likeness (QED) is 0.284. The van der Waals surface area contributed by atoms with Crippen molar-refractivity contribution in [2.45, 2.75) is 0 Å². The molecule has 0 aliphatic heterocycles. The summed E-state index contributed by atoms with van der Waals surface area (Å²) < 4.78 is 10.7. The Morgan fingerprint density at radius 1 is 0.714 bits per heavy atom. The molecule has 0 amide bonds. The number of rotatable bonds is 7. The lowest BCUT2D eigenvalue weighted by Crippen LogP contribution is -2.13. The van der Waals surface area contributed by atoms with Crippen LogP contribution < -0.4 is 16.2 Å². The first-order valence-electron chi connectivity index (χ1n) is 8.69. The first-order valence-corrected chi connectivity index (χ1v) is 8.69. The second-order valence-electron chi connectivity index (χ2n) is 6.09. The predicted octanol–water partition coefficient (Wildman–Crippen LogP) is 3.32. The molecule has 0 unspecified atom stereocenters. The largest absolute Gasteiger partial charge is 0.490 e. The van der Waals surface area contributed by atoms with Gasteiger partial charge in [-0.15, -0.1) is 0 Å². The molecule has 0 saturated heterocycles. The maximum absolute atomic E-state index is 12.4. The number of hydrogen-bond acceptors (Lipinski definition) is 6. The highest BCUT2D eigenvalue weighted by Crippen LogP contribution is 2.16. The van der Waals surface area contributed by atoms with Crippen LogP contribution in [-0.4, -0.2) is 25.0 Å². The Balaban J connectivity index is 1.49. The molecular formula is C22H20N2O4. The minimum absolute atomic E-state index is 0.0533. The molecule has 0 spiro atoms. The fraction of sp³-hybridized carbons (Fsp3) is 0.0909. The van der Waals surface area contributed by atoms with Gasteiger partial charge in [0.1, 0.15) is 19.0 Å². The van der Waals surface area contributed by atoms with E-state index in [0.717, 1.165) is 0 Å². The van der Waals surface area contributed by atoms with Crippen LogP contribution >= 0.6 is 0 Å². The number of anilines is 2. The minimum Gasteiger partial charge on any atom is -0.490 e. The fourth-order valence-electron chi connectivity index (χ4n) is 2.63. The maximum atomic E-state index is 12.4. The van der Waals surface area contributed by atoms with E-state index in [1.54, 1.807) is 42.5 Å². The van der Waals surface area contributed by atoms with Gasteiger partial charge in [0.05, 0.1) is 5.56 Å². The number of carbonyl (C=O) groups is 2. The molecule has 3 aromatic carbocycles. The van der Waals surface area contributed by atoms with Crippen molar-refractivity contribution >= 4 is 23.1 Å². The lowest BCUT2D eigenvalue weighted by atomic mass is 10.0. The molecule has 6 nitrogen and oxygen atoms in total. The Morgan fingerprint density at radius 2 is 1.32 bits per heavy atom. The minimum atomic E-state index is -0.522. The zero-order chi connectivity index (χ0) is 19.9. The van der Waals surface area contributed by atoms with Gasteiger partial charge in [0.25, 0.3) is 0 Å². The van der Waals surface area contributed by atoms with Crippen molar-refractivity contribution in [2.75, 3.05) is 24.7 Å². The molecule has 142 valence electrons. The van der Waals surface area contributed by atoms with Gasteiger partial charge in [0.15, 0.2) is 5.78 Å². The van der Waals surface area contributed by atoms with Gasteiger partial charge in [-0.25, -0.2) is 4.79 Å². The third-order valence-corrected chi connectivity index (χ3v) is 3.95. The van der Waals surface area contributed by atoms with Crippen LogP contribution in [0.5, 0.6) is 5.75 Å². The van der Waals surface area contributed by atoms with E-state index in [2.05, 4.69) is 0 Å². The molecule has 0 radical (unpaired) electrons. The van der Waals surface area contributed by atoms with Crippen LogP contribution in [0.4, 0.5) is 11.4 Å². The summed E-state index contributed by atoms with van der Waals surface area (Å²) in [5.41, 5.74) is 13.6. The van der Waals surface area contributed by atoms with Gasteiger partial charge in [-0.2, -0.15) is 0 Å². The smallest absolute Gasteiger partial charge is 0.338 e. The molecule has 6 heteroatoms.